The molecule has 0 radical (unpaired) electrons. The molecular weight excluding hydrogens is 376 g/mol. The Morgan fingerprint density at radius 1 is 1.42 bits per heavy atom. The summed E-state index contributed by atoms with van der Waals surface area (Å²) in [5.41, 5.74) is 2.65. The predicted molar refractivity (Wildman–Crippen MR) is 90.4 cm³/mol. The Labute approximate surface area is 148 Å². The highest BCUT2D eigenvalue weighted by Crippen LogP contribution is 2.35. The maximum atomic E-state index is 14.3. The number of benzene rings is 1. The standard InChI is InChI=1S/C15H18F4N4O2S/c1-4-12(15(17,18)19)21-9-5-6-11(16)10(7-9)14(2)8-26(24,25)23(3)13(20)22-14/h5-7H,4,8H2,1-3H3,(H2,20,22)/t14-/m0/s1. The Bertz CT molecular complexity index is 880. The fraction of sp³-hybridized carbons (Fsp3) is 0.467. The molecule has 1 aliphatic heterocycles. The van der Waals surface area contributed by atoms with Gasteiger partial charge in [0, 0.05) is 12.6 Å². The summed E-state index contributed by atoms with van der Waals surface area (Å²) >= 11 is 0. The van der Waals surface area contributed by atoms with Crippen LogP contribution in [0.25, 0.3) is 0 Å². The first-order valence-electron chi connectivity index (χ1n) is 7.57. The van der Waals surface area contributed by atoms with Crippen LogP contribution in [0.5, 0.6) is 0 Å². The Morgan fingerprint density at radius 3 is 2.54 bits per heavy atom. The van der Waals surface area contributed by atoms with Gasteiger partial charge in [-0.05, 0) is 31.5 Å². The Balaban J connectivity index is 2.60. The van der Waals surface area contributed by atoms with Gasteiger partial charge in [-0.15, -0.1) is 0 Å². The van der Waals surface area contributed by atoms with Crippen molar-refractivity contribution in [2.75, 3.05) is 12.8 Å². The first-order chi connectivity index (χ1) is 11.8. The van der Waals surface area contributed by atoms with E-state index in [4.69, 9.17) is 5.73 Å². The van der Waals surface area contributed by atoms with Crippen molar-refractivity contribution in [3.8, 4) is 0 Å². The smallest absolute Gasteiger partial charge is 0.369 e. The lowest BCUT2D eigenvalue weighted by Gasteiger charge is -2.34. The van der Waals surface area contributed by atoms with E-state index in [1.165, 1.54) is 20.9 Å². The van der Waals surface area contributed by atoms with Gasteiger partial charge in [-0.1, -0.05) is 6.92 Å². The molecule has 1 heterocycles. The van der Waals surface area contributed by atoms with Crippen LogP contribution in [0.1, 0.15) is 25.8 Å². The molecule has 2 rings (SSSR count). The molecule has 144 valence electrons. The number of nitrogens with two attached hydrogens (primary N) is 1. The monoisotopic (exact) mass is 394 g/mol. The van der Waals surface area contributed by atoms with E-state index < -0.39 is 39.0 Å². The number of rotatable bonds is 3. The molecule has 0 spiro atoms. The molecule has 6 nitrogen and oxygen atoms in total. The number of alkyl halides is 3. The van der Waals surface area contributed by atoms with Gasteiger partial charge < -0.3 is 5.73 Å². The molecule has 1 aromatic carbocycles. The second-order valence-corrected chi connectivity index (χ2v) is 8.04. The van der Waals surface area contributed by atoms with Gasteiger partial charge >= 0.3 is 6.18 Å². The van der Waals surface area contributed by atoms with Gasteiger partial charge in [-0.2, -0.15) is 13.2 Å². The summed E-state index contributed by atoms with van der Waals surface area (Å²) in [5.74, 6) is -1.73. The van der Waals surface area contributed by atoms with E-state index in [2.05, 4.69) is 9.98 Å². The van der Waals surface area contributed by atoms with Crippen LogP contribution in [0.3, 0.4) is 0 Å². The predicted octanol–water partition coefficient (Wildman–Crippen LogP) is 2.68. The zero-order valence-corrected chi connectivity index (χ0v) is 15.1. The molecule has 0 aromatic heterocycles. The number of hydrogen-bond donors (Lipinski definition) is 1. The van der Waals surface area contributed by atoms with Crippen LogP contribution >= 0.6 is 0 Å². The maximum absolute atomic E-state index is 14.3. The summed E-state index contributed by atoms with van der Waals surface area (Å²) in [6.07, 6.45) is -4.98. The van der Waals surface area contributed by atoms with Crippen molar-refractivity contribution in [1.29, 1.82) is 0 Å². The number of nitrogens with zero attached hydrogens (tertiary/aromatic N) is 3. The molecule has 11 heteroatoms. The van der Waals surface area contributed by atoms with E-state index in [1.807, 2.05) is 0 Å². The molecule has 26 heavy (non-hydrogen) atoms. The summed E-state index contributed by atoms with van der Waals surface area (Å²) in [4.78, 5) is 7.57. The van der Waals surface area contributed by atoms with Gasteiger partial charge in [0.15, 0.2) is 0 Å². The lowest BCUT2D eigenvalue weighted by atomic mass is 9.93. The van der Waals surface area contributed by atoms with Gasteiger partial charge in [0.2, 0.25) is 16.0 Å². The zero-order chi connectivity index (χ0) is 19.9. The average Bonchev–Trinajstić information content (AvgIpc) is 2.50. The van der Waals surface area contributed by atoms with Crippen molar-refractivity contribution in [1.82, 2.24) is 4.31 Å². The van der Waals surface area contributed by atoms with Crippen LogP contribution in [0.2, 0.25) is 0 Å². The van der Waals surface area contributed by atoms with Gasteiger partial charge in [-0.3, -0.25) is 0 Å². The third kappa shape index (κ3) is 3.81. The van der Waals surface area contributed by atoms with Crippen LogP contribution < -0.4 is 5.73 Å². The number of hydrogen-bond acceptors (Lipinski definition) is 5. The van der Waals surface area contributed by atoms with Gasteiger partial charge in [0.25, 0.3) is 0 Å². The van der Waals surface area contributed by atoms with E-state index in [-0.39, 0.29) is 23.6 Å². The van der Waals surface area contributed by atoms with E-state index in [0.29, 0.717) is 0 Å². The third-order valence-corrected chi connectivity index (χ3v) is 5.97. The molecule has 2 N–H and O–H groups in total. The van der Waals surface area contributed by atoms with Gasteiger partial charge in [-0.25, -0.2) is 27.1 Å². The zero-order valence-electron chi connectivity index (χ0n) is 14.3. The Morgan fingerprint density at radius 2 is 2.04 bits per heavy atom. The fourth-order valence-electron chi connectivity index (χ4n) is 2.58. The number of sulfonamides is 1. The van der Waals surface area contributed by atoms with Crippen LogP contribution in [-0.4, -0.2) is 43.4 Å². The molecule has 0 bridgehead atoms. The van der Waals surface area contributed by atoms with Crippen molar-refractivity contribution in [2.45, 2.75) is 32.0 Å². The number of guanidine groups is 1. The van der Waals surface area contributed by atoms with Crippen molar-refractivity contribution in [3.05, 3.63) is 29.6 Å². The molecule has 0 fully saturated rings. The first-order valence-corrected chi connectivity index (χ1v) is 9.18. The fourth-order valence-corrected chi connectivity index (χ4v) is 4.03. The van der Waals surface area contributed by atoms with Crippen LogP contribution in [0, 0.1) is 5.82 Å². The highest BCUT2D eigenvalue weighted by atomic mass is 32.2. The molecule has 0 unspecified atom stereocenters. The summed E-state index contributed by atoms with van der Waals surface area (Å²) in [7, 11) is -2.64. The molecule has 1 atom stereocenters. The van der Waals surface area contributed by atoms with Crippen molar-refractivity contribution < 1.29 is 26.0 Å². The number of aliphatic imine (C=N–C) groups is 2. The van der Waals surface area contributed by atoms with E-state index in [9.17, 15) is 26.0 Å². The number of halogens is 4. The highest BCUT2D eigenvalue weighted by Gasteiger charge is 2.42. The lowest BCUT2D eigenvalue weighted by Crippen LogP contribution is -2.50. The van der Waals surface area contributed by atoms with Gasteiger partial charge in [0.05, 0.1) is 11.4 Å². The minimum absolute atomic E-state index is 0.151. The summed E-state index contributed by atoms with van der Waals surface area (Å²) in [6.45, 7) is 2.65. The molecule has 0 aliphatic carbocycles. The molecular formula is C15H18F4N4O2S. The average molecular weight is 394 g/mol. The van der Waals surface area contributed by atoms with Crippen molar-refractivity contribution >= 4 is 27.4 Å². The minimum atomic E-state index is -4.62. The van der Waals surface area contributed by atoms with E-state index >= 15 is 0 Å². The molecule has 0 amide bonds. The first kappa shape index (κ1) is 20.1. The van der Waals surface area contributed by atoms with Gasteiger partial charge in [0.1, 0.15) is 17.1 Å². The summed E-state index contributed by atoms with van der Waals surface area (Å²) in [5, 5.41) is 0. The topological polar surface area (TPSA) is 88.1 Å². The molecule has 0 saturated carbocycles. The van der Waals surface area contributed by atoms with Crippen LogP contribution in [0.15, 0.2) is 28.2 Å². The Kier molecular flexibility index (Phi) is 5.06. The second kappa shape index (κ2) is 6.53. The van der Waals surface area contributed by atoms with Crippen molar-refractivity contribution in [3.63, 3.8) is 0 Å². The maximum Gasteiger partial charge on any atom is 0.429 e. The normalized spacial score (nSPS) is 23.7. The third-order valence-electron chi connectivity index (χ3n) is 4.02. The second-order valence-electron chi connectivity index (χ2n) is 6.04. The highest BCUT2D eigenvalue weighted by molar-refractivity contribution is 7.89. The summed E-state index contributed by atoms with van der Waals surface area (Å²) < 4.78 is 78.2. The van der Waals surface area contributed by atoms with E-state index in [1.54, 1.807) is 0 Å². The van der Waals surface area contributed by atoms with Crippen LogP contribution in [0.4, 0.5) is 23.2 Å². The molecule has 1 aromatic rings. The molecule has 1 aliphatic rings. The Hall–Kier alpha value is -2.17. The molecule has 0 saturated heterocycles. The van der Waals surface area contributed by atoms with Crippen molar-refractivity contribution in [2.24, 2.45) is 15.7 Å². The minimum Gasteiger partial charge on any atom is -0.369 e. The largest absolute Gasteiger partial charge is 0.429 e. The lowest BCUT2D eigenvalue weighted by molar-refractivity contribution is -0.0602. The quantitative estimate of drug-likeness (QED) is 0.632. The summed E-state index contributed by atoms with van der Waals surface area (Å²) in [6, 6.07) is 3.08. The van der Waals surface area contributed by atoms with Crippen LogP contribution in [-0.2, 0) is 15.6 Å². The van der Waals surface area contributed by atoms with E-state index in [0.717, 1.165) is 22.5 Å². The SMILES string of the molecule is CCC(=Nc1ccc(F)c([C@]2(C)CS(=O)(=O)N(C)C(N)=N2)c1)C(F)(F)F.